The molecule has 152 valence electrons. The quantitative estimate of drug-likeness (QED) is 0.474. The summed E-state index contributed by atoms with van der Waals surface area (Å²) in [6.07, 6.45) is 3.71. The number of carbonyl (C=O) groups is 1. The number of amides is 1. The van der Waals surface area contributed by atoms with Crippen LogP contribution in [0.3, 0.4) is 0 Å². The van der Waals surface area contributed by atoms with Crippen LogP contribution in [0.5, 0.6) is 0 Å². The number of hydrogen-bond donors (Lipinski definition) is 2. The number of pyridine rings is 1. The van der Waals surface area contributed by atoms with E-state index in [1.54, 1.807) is 6.20 Å². The van der Waals surface area contributed by atoms with Crippen LogP contribution < -0.4 is 5.73 Å². The Hall–Kier alpha value is -4.20. The van der Waals surface area contributed by atoms with Crippen molar-refractivity contribution in [3.63, 3.8) is 0 Å². The number of hydrogen-bond acceptors (Lipinski definition) is 5. The summed E-state index contributed by atoms with van der Waals surface area (Å²) in [5, 5.41) is 13.6. The van der Waals surface area contributed by atoms with Crippen molar-refractivity contribution in [2.45, 2.75) is 13.1 Å². The SMILES string of the molecule is Nc1nc2cc(-c3ccn[nH]3)ccc2c2cn(CCN3Cc4ccccc4C3=O)nc12. The van der Waals surface area contributed by atoms with E-state index in [0.717, 1.165) is 38.7 Å². The number of anilines is 1. The number of fused-ring (bicyclic) bond motifs is 4. The lowest BCUT2D eigenvalue weighted by molar-refractivity contribution is 0.0771. The number of nitrogens with one attached hydrogen (secondary N) is 1. The van der Waals surface area contributed by atoms with E-state index in [1.807, 2.05) is 64.3 Å². The minimum Gasteiger partial charge on any atom is -0.382 e. The summed E-state index contributed by atoms with van der Waals surface area (Å²) >= 11 is 0. The zero-order valence-electron chi connectivity index (χ0n) is 16.6. The van der Waals surface area contributed by atoms with E-state index >= 15 is 0 Å². The van der Waals surface area contributed by atoms with E-state index in [0.29, 0.717) is 31.0 Å². The molecule has 0 fully saturated rings. The fraction of sp³-hybridized carbons (Fsp3) is 0.130. The summed E-state index contributed by atoms with van der Waals surface area (Å²) in [7, 11) is 0. The molecule has 1 aliphatic heterocycles. The number of benzene rings is 2. The Bertz CT molecular complexity index is 1450. The smallest absolute Gasteiger partial charge is 0.254 e. The highest BCUT2D eigenvalue weighted by Gasteiger charge is 2.26. The Morgan fingerprint density at radius 1 is 1.06 bits per heavy atom. The van der Waals surface area contributed by atoms with Crippen LogP contribution >= 0.6 is 0 Å². The monoisotopic (exact) mass is 409 g/mol. The van der Waals surface area contributed by atoms with Gasteiger partial charge in [0.2, 0.25) is 0 Å². The van der Waals surface area contributed by atoms with Gasteiger partial charge in [0.25, 0.3) is 5.91 Å². The number of carbonyl (C=O) groups excluding carboxylic acids is 1. The molecule has 31 heavy (non-hydrogen) atoms. The van der Waals surface area contributed by atoms with E-state index < -0.39 is 0 Å². The molecule has 2 aromatic carbocycles. The second-order valence-corrected chi connectivity index (χ2v) is 7.74. The van der Waals surface area contributed by atoms with E-state index in [-0.39, 0.29) is 5.91 Å². The van der Waals surface area contributed by atoms with Crippen molar-refractivity contribution >= 4 is 33.5 Å². The Morgan fingerprint density at radius 2 is 1.97 bits per heavy atom. The van der Waals surface area contributed by atoms with Crippen LogP contribution in [0.4, 0.5) is 5.82 Å². The lowest BCUT2D eigenvalue weighted by Gasteiger charge is -2.15. The fourth-order valence-electron chi connectivity index (χ4n) is 4.26. The van der Waals surface area contributed by atoms with Gasteiger partial charge >= 0.3 is 0 Å². The molecule has 8 nitrogen and oxygen atoms in total. The van der Waals surface area contributed by atoms with Crippen LogP contribution in [-0.4, -0.2) is 42.3 Å². The van der Waals surface area contributed by atoms with E-state index in [9.17, 15) is 4.79 Å². The van der Waals surface area contributed by atoms with Gasteiger partial charge in [0, 0.05) is 47.4 Å². The van der Waals surface area contributed by atoms with Crippen LogP contribution in [0.1, 0.15) is 15.9 Å². The zero-order chi connectivity index (χ0) is 20.9. The van der Waals surface area contributed by atoms with Crippen molar-refractivity contribution in [1.82, 2.24) is 29.9 Å². The summed E-state index contributed by atoms with van der Waals surface area (Å²) in [6, 6.07) is 15.7. The van der Waals surface area contributed by atoms with Gasteiger partial charge in [0.15, 0.2) is 5.82 Å². The molecule has 5 aromatic rings. The lowest BCUT2D eigenvalue weighted by atomic mass is 10.1. The third-order valence-corrected chi connectivity index (χ3v) is 5.84. The first-order chi connectivity index (χ1) is 15.2. The number of nitrogens with two attached hydrogens (primary N) is 1. The lowest BCUT2D eigenvalue weighted by Crippen LogP contribution is -2.27. The number of H-pyrrole nitrogens is 1. The third kappa shape index (κ3) is 2.83. The summed E-state index contributed by atoms with van der Waals surface area (Å²) in [6.45, 7) is 1.80. The zero-order valence-corrected chi connectivity index (χ0v) is 16.6. The highest BCUT2D eigenvalue weighted by molar-refractivity contribution is 6.08. The molecule has 0 aliphatic carbocycles. The van der Waals surface area contributed by atoms with Crippen molar-refractivity contribution in [3.8, 4) is 11.3 Å². The third-order valence-electron chi connectivity index (χ3n) is 5.84. The molecule has 0 spiro atoms. The minimum absolute atomic E-state index is 0.0743. The maximum atomic E-state index is 12.6. The predicted molar refractivity (Wildman–Crippen MR) is 118 cm³/mol. The molecule has 4 heterocycles. The van der Waals surface area contributed by atoms with E-state index in [4.69, 9.17) is 5.73 Å². The molecule has 0 bridgehead atoms. The van der Waals surface area contributed by atoms with Gasteiger partial charge in [-0.2, -0.15) is 10.2 Å². The number of aromatic nitrogens is 5. The van der Waals surface area contributed by atoms with Crippen molar-refractivity contribution in [1.29, 1.82) is 0 Å². The van der Waals surface area contributed by atoms with Crippen LogP contribution in [0.2, 0.25) is 0 Å². The normalized spacial score (nSPS) is 13.4. The Kier molecular flexibility index (Phi) is 3.79. The van der Waals surface area contributed by atoms with Crippen LogP contribution in [0, 0.1) is 0 Å². The first-order valence-electron chi connectivity index (χ1n) is 10.1. The van der Waals surface area contributed by atoms with Gasteiger partial charge in [-0.1, -0.05) is 30.3 Å². The summed E-state index contributed by atoms with van der Waals surface area (Å²) in [5.41, 5.74) is 11.5. The first-order valence-corrected chi connectivity index (χ1v) is 10.1. The number of aromatic amines is 1. The van der Waals surface area contributed by atoms with Crippen LogP contribution in [0.15, 0.2) is 60.9 Å². The van der Waals surface area contributed by atoms with Gasteiger partial charge in [-0.15, -0.1) is 0 Å². The van der Waals surface area contributed by atoms with Crippen molar-refractivity contribution in [2.75, 3.05) is 12.3 Å². The summed E-state index contributed by atoms with van der Waals surface area (Å²) < 4.78 is 1.85. The highest BCUT2D eigenvalue weighted by atomic mass is 16.2. The van der Waals surface area contributed by atoms with Crippen molar-refractivity contribution in [2.24, 2.45) is 0 Å². The van der Waals surface area contributed by atoms with Gasteiger partial charge in [0.1, 0.15) is 5.52 Å². The van der Waals surface area contributed by atoms with Gasteiger partial charge in [-0.25, -0.2) is 4.98 Å². The molecular formula is C23H19N7O. The van der Waals surface area contributed by atoms with Gasteiger partial charge < -0.3 is 10.6 Å². The van der Waals surface area contributed by atoms with Crippen LogP contribution in [-0.2, 0) is 13.1 Å². The molecule has 1 aliphatic rings. The molecular weight excluding hydrogens is 390 g/mol. The predicted octanol–water partition coefficient (Wildman–Crippen LogP) is 3.21. The Balaban J connectivity index is 1.31. The molecule has 0 atom stereocenters. The van der Waals surface area contributed by atoms with E-state index in [1.165, 1.54) is 0 Å². The van der Waals surface area contributed by atoms with Gasteiger partial charge in [-0.3, -0.25) is 14.6 Å². The second-order valence-electron chi connectivity index (χ2n) is 7.74. The first kappa shape index (κ1) is 17.6. The molecule has 1 amide bonds. The average Bonchev–Trinajstić information content (AvgIpc) is 3.52. The molecule has 0 saturated heterocycles. The summed E-state index contributed by atoms with van der Waals surface area (Å²) in [4.78, 5) is 19.0. The topological polar surface area (TPSA) is 106 Å². The Morgan fingerprint density at radius 3 is 2.81 bits per heavy atom. The molecule has 0 saturated carbocycles. The molecule has 0 unspecified atom stereocenters. The maximum Gasteiger partial charge on any atom is 0.254 e. The van der Waals surface area contributed by atoms with Gasteiger partial charge in [-0.05, 0) is 23.8 Å². The van der Waals surface area contributed by atoms with Crippen LogP contribution in [0.25, 0.3) is 33.1 Å². The average molecular weight is 409 g/mol. The standard InChI is InChI=1S/C23H19N7O/c24-22-21-18(17-6-5-14(11-20(17)26-22)19-7-8-25-27-19)13-30(28-21)10-9-29-12-15-3-1-2-4-16(15)23(29)31/h1-8,11,13H,9-10,12H2,(H2,24,26)(H,25,27). The maximum absolute atomic E-state index is 12.6. The molecule has 6 rings (SSSR count). The minimum atomic E-state index is 0.0743. The number of nitrogens with zero attached hydrogens (tertiary/aromatic N) is 5. The number of nitrogen functional groups attached to an aromatic ring is 1. The van der Waals surface area contributed by atoms with E-state index in [2.05, 4.69) is 20.3 Å². The van der Waals surface area contributed by atoms with Crippen molar-refractivity contribution in [3.05, 3.63) is 72.1 Å². The van der Waals surface area contributed by atoms with Crippen molar-refractivity contribution < 1.29 is 4.79 Å². The molecule has 3 N–H and O–H groups in total. The fourth-order valence-corrected chi connectivity index (χ4v) is 4.26. The molecule has 3 aromatic heterocycles. The Labute approximate surface area is 177 Å². The molecule has 0 radical (unpaired) electrons. The summed E-state index contributed by atoms with van der Waals surface area (Å²) in [5.74, 6) is 0.470. The second kappa shape index (κ2) is 6.66. The number of rotatable bonds is 4. The van der Waals surface area contributed by atoms with Gasteiger partial charge in [0.05, 0.1) is 17.8 Å². The largest absolute Gasteiger partial charge is 0.382 e. The molecule has 8 heteroatoms. The highest BCUT2D eigenvalue weighted by Crippen LogP contribution is 2.30.